The molecule has 0 aliphatic heterocycles. The summed E-state index contributed by atoms with van der Waals surface area (Å²) in [6.07, 6.45) is 0. The molecule has 20 heavy (non-hydrogen) atoms. The minimum atomic E-state index is -0.475. The largest absolute Gasteiger partial charge is 0.423 e. The van der Waals surface area contributed by atoms with Crippen molar-refractivity contribution in [1.29, 1.82) is 5.26 Å². The second-order valence-corrected chi connectivity index (χ2v) is 4.17. The third kappa shape index (κ3) is 2.12. The number of nitrogens with two attached hydrogens (primary N) is 1. The molecule has 0 spiro atoms. The lowest BCUT2D eigenvalue weighted by Crippen LogP contribution is -1.94. The van der Waals surface area contributed by atoms with Crippen molar-refractivity contribution in [2.45, 2.75) is 0 Å². The summed E-state index contributed by atoms with van der Waals surface area (Å²) in [5.41, 5.74) is 8.02. The molecule has 0 saturated heterocycles. The summed E-state index contributed by atoms with van der Waals surface area (Å²) in [6.45, 7) is 0. The zero-order valence-corrected chi connectivity index (χ0v) is 10.2. The highest BCUT2D eigenvalue weighted by molar-refractivity contribution is 5.79. The number of nitrogens with zero attached hydrogens (tertiary/aromatic N) is 2. The van der Waals surface area contributed by atoms with E-state index in [2.05, 4.69) is 10.3 Å². The van der Waals surface area contributed by atoms with Gasteiger partial charge in [-0.1, -0.05) is 0 Å². The van der Waals surface area contributed by atoms with Crippen LogP contribution < -0.4 is 11.1 Å². The first-order chi connectivity index (χ1) is 9.65. The Morgan fingerprint density at radius 1 is 1.25 bits per heavy atom. The van der Waals surface area contributed by atoms with E-state index in [0.29, 0.717) is 22.5 Å². The van der Waals surface area contributed by atoms with Crippen LogP contribution in [0.3, 0.4) is 0 Å². The molecule has 5 nitrogen and oxygen atoms in total. The molecule has 0 amide bonds. The lowest BCUT2D eigenvalue weighted by Gasteiger charge is -2.03. The predicted molar refractivity (Wildman–Crippen MR) is 72.8 cm³/mol. The molecule has 0 fully saturated rings. The number of aromatic nitrogens is 1. The third-order valence-corrected chi connectivity index (χ3v) is 2.76. The van der Waals surface area contributed by atoms with E-state index in [-0.39, 0.29) is 11.6 Å². The van der Waals surface area contributed by atoms with Crippen molar-refractivity contribution in [3.63, 3.8) is 0 Å². The van der Waals surface area contributed by atoms with E-state index in [1.165, 1.54) is 12.1 Å². The number of nitrogen functional groups attached to an aromatic ring is 1. The third-order valence-electron chi connectivity index (χ3n) is 2.76. The van der Waals surface area contributed by atoms with Crippen LogP contribution in [0.4, 0.5) is 21.8 Å². The van der Waals surface area contributed by atoms with Crippen molar-refractivity contribution in [2.75, 3.05) is 11.1 Å². The van der Waals surface area contributed by atoms with Gasteiger partial charge in [-0.3, -0.25) is 0 Å². The van der Waals surface area contributed by atoms with Gasteiger partial charge >= 0.3 is 0 Å². The SMILES string of the molecule is N#Cc1cc(F)ccc1Nc1nc2cc(N)ccc2o1. The fourth-order valence-corrected chi connectivity index (χ4v) is 1.83. The van der Waals surface area contributed by atoms with Gasteiger partial charge in [-0.15, -0.1) is 0 Å². The number of nitrogens with one attached hydrogen (secondary N) is 1. The van der Waals surface area contributed by atoms with Crippen molar-refractivity contribution < 1.29 is 8.81 Å². The summed E-state index contributed by atoms with van der Waals surface area (Å²) in [5.74, 6) is -0.475. The molecule has 0 aliphatic carbocycles. The van der Waals surface area contributed by atoms with Crippen molar-refractivity contribution >= 4 is 28.5 Å². The second-order valence-electron chi connectivity index (χ2n) is 4.17. The maximum absolute atomic E-state index is 13.1. The Morgan fingerprint density at radius 2 is 2.10 bits per heavy atom. The number of anilines is 3. The summed E-state index contributed by atoms with van der Waals surface area (Å²) in [6, 6.07) is 11.1. The molecule has 3 N–H and O–H groups in total. The predicted octanol–water partition coefficient (Wildman–Crippen LogP) is 3.16. The van der Waals surface area contributed by atoms with Crippen LogP contribution in [0.2, 0.25) is 0 Å². The monoisotopic (exact) mass is 268 g/mol. The molecular formula is C14H9FN4O. The summed E-state index contributed by atoms with van der Waals surface area (Å²) in [4.78, 5) is 4.21. The molecule has 0 atom stereocenters. The van der Waals surface area contributed by atoms with Gasteiger partial charge in [0.05, 0.1) is 11.3 Å². The maximum Gasteiger partial charge on any atom is 0.300 e. The fourth-order valence-electron chi connectivity index (χ4n) is 1.83. The van der Waals surface area contributed by atoms with E-state index in [1.807, 2.05) is 6.07 Å². The van der Waals surface area contributed by atoms with Gasteiger partial charge in [0.1, 0.15) is 17.4 Å². The van der Waals surface area contributed by atoms with E-state index in [9.17, 15) is 4.39 Å². The number of hydrogen-bond acceptors (Lipinski definition) is 5. The van der Waals surface area contributed by atoms with Gasteiger partial charge in [-0.05, 0) is 36.4 Å². The molecule has 0 unspecified atom stereocenters. The van der Waals surface area contributed by atoms with Crippen LogP contribution in [0.1, 0.15) is 5.56 Å². The quantitative estimate of drug-likeness (QED) is 0.697. The van der Waals surface area contributed by atoms with Crippen LogP contribution in [0, 0.1) is 17.1 Å². The van der Waals surface area contributed by atoms with Crippen molar-refractivity contribution in [3.05, 3.63) is 47.8 Å². The van der Waals surface area contributed by atoms with E-state index in [4.69, 9.17) is 15.4 Å². The van der Waals surface area contributed by atoms with Crippen molar-refractivity contribution in [3.8, 4) is 6.07 Å². The molecule has 1 aromatic heterocycles. The Bertz CT molecular complexity index is 835. The average Bonchev–Trinajstić information content (AvgIpc) is 2.82. The lowest BCUT2D eigenvalue weighted by atomic mass is 10.2. The smallest absolute Gasteiger partial charge is 0.300 e. The van der Waals surface area contributed by atoms with E-state index >= 15 is 0 Å². The molecule has 3 rings (SSSR count). The molecule has 1 heterocycles. The number of oxazole rings is 1. The Kier molecular flexibility index (Phi) is 2.73. The van der Waals surface area contributed by atoms with E-state index < -0.39 is 5.82 Å². The molecular weight excluding hydrogens is 259 g/mol. The fraction of sp³-hybridized carbons (Fsp3) is 0. The molecule has 2 aromatic carbocycles. The highest BCUT2D eigenvalue weighted by Gasteiger charge is 2.09. The van der Waals surface area contributed by atoms with Crippen LogP contribution in [-0.2, 0) is 0 Å². The topological polar surface area (TPSA) is 87.9 Å². The van der Waals surface area contributed by atoms with Gasteiger partial charge in [-0.2, -0.15) is 10.2 Å². The van der Waals surface area contributed by atoms with Gasteiger partial charge in [0.25, 0.3) is 6.01 Å². The van der Waals surface area contributed by atoms with Crippen molar-refractivity contribution in [1.82, 2.24) is 4.98 Å². The first-order valence-corrected chi connectivity index (χ1v) is 5.78. The van der Waals surface area contributed by atoms with Gasteiger partial charge in [0, 0.05) is 5.69 Å². The first kappa shape index (κ1) is 12.0. The number of fused-ring (bicyclic) bond motifs is 1. The Hall–Kier alpha value is -3.07. The normalized spacial score (nSPS) is 10.4. The molecule has 0 saturated carbocycles. The van der Waals surface area contributed by atoms with Crippen LogP contribution in [0.5, 0.6) is 0 Å². The summed E-state index contributed by atoms with van der Waals surface area (Å²) < 4.78 is 18.5. The Labute approximate surface area is 113 Å². The lowest BCUT2D eigenvalue weighted by molar-refractivity contribution is 0.621. The van der Waals surface area contributed by atoms with Gasteiger partial charge < -0.3 is 15.5 Å². The summed E-state index contributed by atoms with van der Waals surface area (Å²) in [7, 11) is 0. The van der Waals surface area contributed by atoms with Gasteiger partial charge in [0.15, 0.2) is 5.58 Å². The summed E-state index contributed by atoms with van der Waals surface area (Å²) >= 11 is 0. The average molecular weight is 268 g/mol. The van der Waals surface area contributed by atoms with E-state index in [1.54, 1.807) is 18.2 Å². The number of rotatable bonds is 2. The minimum absolute atomic E-state index is 0.173. The summed E-state index contributed by atoms with van der Waals surface area (Å²) in [5, 5.41) is 11.8. The Balaban J connectivity index is 1.99. The molecule has 0 radical (unpaired) electrons. The second kappa shape index (κ2) is 4.55. The highest BCUT2D eigenvalue weighted by Crippen LogP contribution is 2.25. The van der Waals surface area contributed by atoms with Crippen LogP contribution in [-0.4, -0.2) is 4.98 Å². The number of hydrogen-bond donors (Lipinski definition) is 2. The molecule has 6 heteroatoms. The molecule has 0 bridgehead atoms. The van der Waals surface area contributed by atoms with Crippen LogP contribution in [0.25, 0.3) is 11.1 Å². The molecule has 3 aromatic rings. The maximum atomic E-state index is 13.1. The number of halogens is 1. The molecule has 98 valence electrons. The number of benzene rings is 2. The molecule has 0 aliphatic rings. The first-order valence-electron chi connectivity index (χ1n) is 5.78. The number of nitriles is 1. The standard InChI is InChI=1S/C14H9FN4O/c15-9-1-3-11(8(5-9)7-16)18-14-19-12-6-10(17)2-4-13(12)20-14/h1-6H,17H2,(H,18,19). The van der Waals surface area contributed by atoms with E-state index in [0.717, 1.165) is 6.07 Å². The van der Waals surface area contributed by atoms with Crippen LogP contribution >= 0.6 is 0 Å². The Morgan fingerprint density at radius 3 is 2.90 bits per heavy atom. The van der Waals surface area contributed by atoms with Crippen LogP contribution in [0.15, 0.2) is 40.8 Å². The minimum Gasteiger partial charge on any atom is -0.423 e. The highest BCUT2D eigenvalue weighted by atomic mass is 19.1. The zero-order valence-electron chi connectivity index (χ0n) is 10.2. The van der Waals surface area contributed by atoms with Gasteiger partial charge in [0.2, 0.25) is 0 Å². The van der Waals surface area contributed by atoms with Crippen molar-refractivity contribution in [2.24, 2.45) is 0 Å². The zero-order chi connectivity index (χ0) is 14.1. The van der Waals surface area contributed by atoms with Gasteiger partial charge in [-0.25, -0.2) is 4.39 Å².